The molecule has 202 valence electrons. The van der Waals surface area contributed by atoms with Crippen LogP contribution in [0.5, 0.6) is 0 Å². The van der Waals surface area contributed by atoms with Gasteiger partial charge in [0.25, 0.3) is 0 Å². The zero-order chi connectivity index (χ0) is 27.6. The lowest BCUT2D eigenvalue weighted by Gasteiger charge is -2.20. The Hall–Kier alpha value is -4.63. The van der Waals surface area contributed by atoms with E-state index >= 15 is 0 Å². The summed E-state index contributed by atoms with van der Waals surface area (Å²) in [6, 6.07) is 22.2. The first-order valence-electron chi connectivity index (χ1n) is 12.7. The van der Waals surface area contributed by atoms with Crippen molar-refractivity contribution in [3.8, 4) is 11.3 Å². The number of carbonyl (C=O) groups excluding carboxylic acids is 2. The summed E-state index contributed by atoms with van der Waals surface area (Å²) in [5.74, 6) is 0.668. The number of nitrogens with zero attached hydrogens (tertiary/aromatic N) is 2. The molecular weight excluding hydrogens is 494 g/mol. The van der Waals surface area contributed by atoms with Gasteiger partial charge in [-0.25, -0.2) is 14.6 Å². The van der Waals surface area contributed by atoms with E-state index in [0.29, 0.717) is 23.6 Å². The molecule has 9 nitrogen and oxygen atoms in total. The second-order valence-electron chi connectivity index (χ2n) is 9.43. The third-order valence-corrected chi connectivity index (χ3v) is 6.06. The van der Waals surface area contributed by atoms with E-state index in [-0.39, 0.29) is 18.7 Å². The highest BCUT2D eigenvalue weighted by Crippen LogP contribution is 2.26. The molecule has 1 unspecified atom stereocenters. The van der Waals surface area contributed by atoms with Crippen LogP contribution in [0.3, 0.4) is 0 Å². The van der Waals surface area contributed by atoms with Gasteiger partial charge in [0.1, 0.15) is 6.10 Å². The second-order valence-corrected chi connectivity index (χ2v) is 9.43. The predicted octanol–water partition coefficient (Wildman–Crippen LogP) is 6.21. The molecule has 3 amide bonds. The van der Waals surface area contributed by atoms with Gasteiger partial charge in [-0.3, -0.25) is 0 Å². The van der Waals surface area contributed by atoms with Gasteiger partial charge in [0.15, 0.2) is 12.2 Å². The Kier molecular flexibility index (Phi) is 9.31. The van der Waals surface area contributed by atoms with E-state index in [1.807, 2.05) is 75.6 Å². The van der Waals surface area contributed by atoms with Crippen LogP contribution in [-0.2, 0) is 11.3 Å². The Balaban J connectivity index is 1.30. The van der Waals surface area contributed by atoms with Crippen LogP contribution >= 0.6 is 0 Å². The fourth-order valence-electron chi connectivity index (χ4n) is 4.10. The normalized spacial score (nSPS) is 11.6. The third kappa shape index (κ3) is 8.18. The van der Waals surface area contributed by atoms with Gasteiger partial charge in [-0.15, -0.1) is 0 Å². The van der Waals surface area contributed by atoms with Crippen LogP contribution in [0.2, 0.25) is 0 Å². The van der Waals surface area contributed by atoms with E-state index in [2.05, 4.69) is 25.8 Å². The molecule has 3 N–H and O–H groups in total. The van der Waals surface area contributed by atoms with Crippen molar-refractivity contribution < 1.29 is 18.7 Å². The summed E-state index contributed by atoms with van der Waals surface area (Å²) in [6.07, 6.45) is 2.87. The molecule has 39 heavy (non-hydrogen) atoms. The Morgan fingerprint density at radius 2 is 1.74 bits per heavy atom. The lowest BCUT2D eigenvalue weighted by molar-refractivity contribution is 0.0873. The Labute approximate surface area is 228 Å². The van der Waals surface area contributed by atoms with Crippen LogP contribution in [0.25, 0.3) is 11.3 Å². The Bertz CT molecular complexity index is 1370. The maximum atomic E-state index is 12.6. The number of amides is 3. The molecule has 0 aliphatic carbocycles. The van der Waals surface area contributed by atoms with Crippen molar-refractivity contribution in [1.29, 1.82) is 0 Å². The Morgan fingerprint density at radius 1 is 0.974 bits per heavy atom. The molecule has 1 heterocycles. The summed E-state index contributed by atoms with van der Waals surface area (Å²) in [5.41, 5.74) is 4.88. The van der Waals surface area contributed by atoms with Gasteiger partial charge >= 0.3 is 12.1 Å². The number of oxazole rings is 1. The molecule has 4 aromatic rings. The second kappa shape index (κ2) is 13.3. The van der Waals surface area contributed by atoms with E-state index in [0.717, 1.165) is 28.8 Å². The molecule has 0 aliphatic rings. The van der Waals surface area contributed by atoms with Gasteiger partial charge in [-0.2, -0.15) is 0 Å². The molecule has 1 aromatic heterocycles. The molecule has 9 heteroatoms. The highest BCUT2D eigenvalue weighted by molar-refractivity contribution is 6.00. The Morgan fingerprint density at radius 3 is 2.44 bits per heavy atom. The number of benzene rings is 3. The van der Waals surface area contributed by atoms with Gasteiger partial charge in [-0.05, 0) is 68.0 Å². The van der Waals surface area contributed by atoms with Crippen LogP contribution < -0.4 is 16.0 Å². The molecular formula is C30H33N5O4. The molecule has 4 rings (SSSR count). The summed E-state index contributed by atoms with van der Waals surface area (Å²) < 4.78 is 11.1. The number of hydrogen-bond donors (Lipinski definition) is 3. The fraction of sp³-hybridized carbons (Fsp3) is 0.233. The number of urea groups is 1. The highest BCUT2D eigenvalue weighted by atomic mass is 16.6. The van der Waals surface area contributed by atoms with Crippen LogP contribution in [0.1, 0.15) is 29.2 Å². The monoisotopic (exact) mass is 527 g/mol. The van der Waals surface area contributed by atoms with Gasteiger partial charge in [-0.1, -0.05) is 42.5 Å². The highest BCUT2D eigenvalue weighted by Gasteiger charge is 2.17. The molecule has 0 spiro atoms. The lowest BCUT2D eigenvalue weighted by atomic mass is 10.1. The quantitative estimate of drug-likeness (QED) is 0.226. The molecule has 3 aromatic carbocycles. The van der Waals surface area contributed by atoms with E-state index in [4.69, 9.17) is 9.15 Å². The number of nitrogens with one attached hydrogen (secondary N) is 3. The van der Waals surface area contributed by atoms with E-state index < -0.39 is 6.09 Å². The van der Waals surface area contributed by atoms with Gasteiger partial charge in [0.2, 0.25) is 0 Å². The number of carbonyl (C=O) groups is 2. The minimum Gasteiger partial charge on any atom is -0.444 e. The molecule has 0 saturated carbocycles. The zero-order valence-corrected chi connectivity index (χ0v) is 22.3. The SMILES string of the molecule is Cc1cc(NC(=O)Nc2cccc(CNC(=O)OC(CCN(C)C)c3ccccc3)c2)ccc1-c1cnco1. The van der Waals surface area contributed by atoms with Crippen molar-refractivity contribution in [3.63, 3.8) is 0 Å². The van der Waals surface area contributed by atoms with Crippen LogP contribution in [0.4, 0.5) is 21.0 Å². The molecule has 0 saturated heterocycles. The minimum absolute atomic E-state index is 0.257. The number of alkyl carbamates (subject to hydrolysis) is 1. The topological polar surface area (TPSA) is 109 Å². The number of rotatable bonds is 10. The van der Waals surface area contributed by atoms with E-state index in [1.165, 1.54) is 6.39 Å². The molecule has 0 aliphatic heterocycles. The van der Waals surface area contributed by atoms with Crippen LogP contribution in [0, 0.1) is 6.92 Å². The molecule has 0 radical (unpaired) electrons. The van der Waals surface area contributed by atoms with Gasteiger partial charge < -0.3 is 30.0 Å². The third-order valence-electron chi connectivity index (χ3n) is 6.06. The van der Waals surface area contributed by atoms with Crippen molar-refractivity contribution in [2.45, 2.75) is 26.0 Å². The van der Waals surface area contributed by atoms with Gasteiger partial charge in [0.05, 0.1) is 6.20 Å². The predicted molar refractivity (Wildman–Crippen MR) is 151 cm³/mol. The van der Waals surface area contributed by atoms with E-state index in [1.54, 1.807) is 24.4 Å². The first-order valence-corrected chi connectivity index (χ1v) is 12.7. The molecule has 1 atom stereocenters. The van der Waals surface area contributed by atoms with Crippen LogP contribution in [0.15, 0.2) is 89.8 Å². The smallest absolute Gasteiger partial charge is 0.408 e. The lowest BCUT2D eigenvalue weighted by Crippen LogP contribution is -2.27. The number of hydrogen-bond acceptors (Lipinski definition) is 6. The van der Waals surface area contributed by atoms with E-state index in [9.17, 15) is 9.59 Å². The maximum absolute atomic E-state index is 12.6. The number of aryl methyl sites for hydroxylation is 1. The largest absolute Gasteiger partial charge is 0.444 e. The number of ether oxygens (including phenoxy) is 1. The molecule has 0 bridgehead atoms. The number of aromatic nitrogens is 1. The van der Waals surface area contributed by atoms with Crippen molar-refractivity contribution >= 4 is 23.5 Å². The fourth-order valence-corrected chi connectivity index (χ4v) is 4.10. The average molecular weight is 528 g/mol. The molecule has 0 fully saturated rings. The first-order chi connectivity index (χ1) is 18.9. The zero-order valence-electron chi connectivity index (χ0n) is 22.3. The average Bonchev–Trinajstić information content (AvgIpc) is 3.45. The van der Waals surface area contributed by atoms with Crippen LogP contribution in [-0.4, -0.2) is 42.6 Å². The number of anilines is 2. The van der Waals surface area contributed by atoms with Crippen molar-refractivity contribution in [3.05, 3.63) is 102 Å². The van der Waals surface area contributed by atoms with Gasteiger partial charge in [0, 0.05) is 36.4 Å². The van der Waals surface area contributed by atoms with Crippen molar-refractivity contribution in [2.24, 2.45) is 0 Å². The minimum atomic E-state index is -0.497. The summed E-state index contributed by atoms with van der Waals surface area (Å²) >= 11 is 0. The summed E-state index contributed by atoms with van der Waals surface area (Å²) in [5, 5.41) is 8.49. The summed E-state index contributed by atoms with van der Waals surface area (Å²) in [6.45, 7) is 2.98. The standard InChI is InChI=1S/C30H33N5O4/c1-21-16-25(12-13-26(21)28-19-31-20-38-28)34-29(36)33-24-11-7-8-22(17-24)18-32-30(37)39-27(14-15-35(2)3)23-9-5-4-6-10-23/h4-13,16-17,19-20,27H,14-15,18H2,1-3H3,(H,32,37)(H2,33,34,36). The summed E-state index contributed by atoms with van der Waals surface area (Å²) in [4.78, 5) is 31.2. The van der Waals surface area contributed by atoms with Crippen molar-refractivity contribution in [2.75, 3.05) is 31.3 Å². The maximum Gasteiger partial charge on any atom is 0.408 e. The summed E-state index contributed by atoms with van der Waals surface area (Å²) in [7, 11) is 3.97. The van der Waals surface area contributed by atoms with Crippen molar-refractivity contribution in [1.82, 2.24) is 15.2 Å². The first kappa shape index (κ1) is 27.4.